The van der Waals surface area contributed by atoms with Crippen LogP contribution in [-0.4, -0.2) is 33.2 Å². The molecule has 0 aromatic carbocycles. The lowest BCUT2D eigenvalue weighted by Gasteiger charge is -2.20. The van der Waals surface area contributed by atoms with Gasteiger partial charge in [-0.15, -0.1) is 0 Å². The minimum atomic E-state index is 0.161. The number of nitrogens with zero attached hydrogens (tertiary/aromatic N) is 3. The first kappa shape index (κ1) is 13.1. The normalized spacial score (nSPS) is 14.9. The average molecular weight is 250 g/mol. The van der Waals surface area contributed by atoms with E-state index in [9.17, 15) is 4.79 Å². The van der Waals surface area contributed by atoms with Crippen LogP contribution in [0.4, 0.5) is 0 Å². The second kappa shape index (κ2) is 5.10. The molecule has 5 heteroatoms. The zero-order valence-corrected chi connectivity index (χ0v) is 11.4. The molecular weight excluding hydrogens is 228 g/mol. The fourth-order valence-electron chi connectivity index (χ4n) is 2.43. The fraction of sp³-hybridized carbons (Fsp3) is 0.692. The van der Waals surface area contributed by atoms with Gasteiger partial charge in [-0.25, -0.2) is 0 Å². The molecule has 1 aromatic rings. The monoisotopic (exact) mass is 250 g/mol. The number of carbonyl (C=O) groups is 1. The molecule has 0 bridgehead atoms. The van der Waals surface area contributed by atoms with E-state index >= 15 is 0 Å². The second-order valence-electron chi connectivity index (χ2n) is 4.92. The second-order valence-corrected chi connectivity index (χ2v) is 4.92. The summed E-state index contributed by atoms with van der Waals surface area (Å²) in [6.45, 7) is 7.54. The number of hydrogen-bond acceptors (Lipinski definition) is 3. The topological polar surface area (TPSA) is 64.2 Å². The maximum atomic E-state index is 12.2. The molecule has 2 rings (SSSR count). The lowest BCUT2D eigenvalue weighted by Crippen LogP contribution is -2.35. The number of carbonyl (C=O) groups excluding carboxylic acids is 1. The Bertz CT molecular complexity index is 448. The Kier molecular flexibility index (Phi) is 3.71. The summed E-state index contributed by atoms with van der Waals surface area (Å²) in [5.74, 6) is 0.161. The summed E-state index contributed by atoms with van der Waals surface area (Å²) in [6.07, 6.45) is 2.29. The lowest BCUT2D eigenvalue weighted by molar-refractivity contribution is -0.132. The van der Waals surface area contributed by atoms with Gasteiger partial charge in [0, 0.05) is 30.4 Å². The molecule has 0 atom stereocenters. The maximum absolute atomic E-state index is 12.2. The molecule has 1 amide bonds. The average Bonchev–Trinajstić information content (AvgIpc) is 3.10. The molecule has 1 heterocycles. The van der Waals surface area contributed by atoms with E-state index in [-0.39, 0.29) is 5.91 Å². The van der Waals surface area contributed by atoms with E-state index in [1.165, 1.54) is 0 Å². The highest BCUT2D eigenvalue weighted by Crippen LogP contribution is 2.26. The minimum absolute atomic E-state index is 0.161. The molecule has 1 fully saturated rings. The van der Waals surface area contributed by atoms with E-state index in [4.69, 9.17) is 5.73 Å². The third-order valence-corrected chi connectivity index (χ3v) is 3.67. The quantitative estimate of drug-likeness (QED) is 0.847. The molecule has 0 unspecified atom stereocenters. The van der Waals surface area contributed by atoms with Gasteiger partial charge >= 0.3 is 0 Å². The van der Waals surface area contributed by atoms with E-state index in [1.54, 1.807) is 4.68 Å². The SMILES string of the molecule is CCN(C(=O)Cn1nc(C)c(CN)c1C)C1CC1. The van der Waals surface area contributed by atoms with Crippen LogP contribution in [0.3, 0.4) is 0 Å². The fourth-order valence-corrected chi connectivity index (χ4v) is 2.43. The van der Waals surface area contributed by atoms with Gasteiger partial charge in [-0.2, -0.15) is 5.10 Å². The van der Waals surface area contributed by atoms with Gasteiger partial charge in [-0.05, 0) is 33.6 Å². The number of amides is 1. The van der Waals surface area contributed by atoms with Crippen molar-refractivity contribution in [1.29, 1.82) is 0 Å². The first-order valence-electron chi connectivity index (χ1n) is 6.60. The van der Waals surface area contributed by atoms with Crippen LogP contribution >= 0.6 is 0 Å². The van der Waals surface area contributed by atoms with Crippen molar-refractivity contribution in [2.24, 2.45) is 5.73 Å². The summed E-state index contributed by atoms with van der Waals surface area (Å²) in [7, 11) is 0. The smallest absolute Gasteiger partial charge is 0.244 e. The van der Waals surface area contributed by atoms with Gasteiger partial charge in [0.2, 0.25) is 5.91 Å². The number of nitrogens with two attached hydrogens (primary N) is 1. The number of likely N-dealkylation sites (N-methyl/N-ethyl adjacent to an activating group) is 1. The van der Waals surface area contributed by atoms with Gasteiger partial charge in [-0.3, -0.25) is 9.48 Å². The molecule has 18 heavy (non-hydrogen) atoms. The number of aromatic nitrogens is 2. The highest BCUT2D eigenvalue weighted by molar-refractivity contribution is 5.76. The highest BCUT2D eigenvalue weighted by atomic mass is 16.2. The molecular formula is C13H22N4O. The standard InChI is InChI=1S/C13H22N4O/c1-4-16(11-5-6-11)13(18)8-17-10(3)12(7-14)9(2)15-17/h11H,4-8,14H2,1-3H3. The third-order valence-electron chi connectivity index (χ3n) is 3.67. The Morgan fingerprint density at radius 2 is 2.17 bits per heavy atom. The minimum Gasteiger partial charge on any atom is -0.338 e. The van der Waals surface area contributed by atoms with Crippen LogP contribution in [0.2, 0.25) is 0 Å². The van der Waals surface area contributed by atoms with Crippen molar-refractivity contribution in [3.63, 3.8) is 0 Å². The Hall–Kier alpha value is -1.36. The lowest BCUT2D eigenvalue weighted by atomic mass is 10.2. The van der Waals surface area contributed by atoms with Gasteiger partial charge in [0.05, 0.1) is 5.69 Å². The molecule has 2 N–H and O–H groups in total. The van der Waals surface area contributed by atoms with Crippen molar-refractivity contribution in [1.82, 2.24) is 14.7 Å². The van der Waals surface area contributed by atoms with Gasteiger partial charge < -0.3 is 10.6 Å². The van der Waals surface area contributed by atoms with Crippen LogP contribution in [0.1, 0.15) is 36.7 Å². The predicted octanol–water partition coefficient (Wildman–Crippen LogP) is 0.970. The van der Waals surface area contributed by atoms with Crippen molar-refractivity contribution in [3.05, 3.63) is 17.0 Å². The maximum Gasteiger partial charge on any atom is 0.244 e. The summed E-state index contributed by atoms with van der Waals surface area (Å²) in [4.78, 5) is 14.2. The third kappa shape index (κ3) is 2.41. The molecule has 5 nitrogen and oxygen atoms in total. The van der Waals surface area contributed by atoms with Crippen molar-refractivity contribution < 1.29 is 4.79 Å². The Morgan fingerprint density at radius 1 is 1.50 bits per heavy atom. The van der Waals surface area contributed by atoms with Gasteiger partial charge in [0.1, 0.15) is 6.54 Å². The first-order chi connectivity index (χ1) is 8.58. The van der Waals surface area contributed by atoms with Crippen LogP contribution in [0.15, 0.2) is 0 Å². The van der Waals surface area contributed by atoms with Crippen LogP contribution in [0, 0.1) is 13.8 Å². The van der Waals surface area contributed by atoms with Gasteiger partial charge in [-0.1, -0.05) is 0 Å². The molecule has 0 saturated heterocycles. The number of hydrogen-bond donors (Lipinski definition) is 1. The summed E-state index contributed by atoms with van der Waals surface area (Å²) in [5, 5.41) is 4.41. The zero-order chi connectivity index (χ0) is 13.3. The molecule has 1 aromatic heterocycles. The Balaban J connectivity index is 2.11. The predicted molar refractivity (Wildman–Crippen MR) is 70.0 cm³/mol. The summed E-state index contributed by atoms with van der Waals surface area (Å²) in [6, 6.07) is 0.466. The van der Waals surface area contributed by atoms with E-state index in [0.717, 1.165) is 36.3 Å². The van der Waals surface area contributed by atoms with Crippen molar-refractivity contribution in [3.8, 4) is 0 Å². The number of rotatable bonds is 5. The van der Waals surface area contributed by atoms with E-state index in [1.807, 2.05) is 25.7 Å². The summed E-state index contributed by atoms with van der Waals surface area (Å²) < 4.78 is 1.78. The van der Waals surface area contributed by atoms with Crippen LogP contribution < -0.4 is 5.73 Å². The Labute approximate surface area is 108 Å². The highest BCUT2D eigenvalue weighted by Gasteiger charge is 2.31. The molecule has 0 aliphatic heterocycles. The van der Waals surface area contributed by atoms with Gasteiger partial charge in [0.15, 0.2) is 0 Å². The van der Waals surface area contributed by atoms with Crippen molar-refractivity contribution >= 4 is 5.91 Å². The number of aryl methyl sites for hydroxylation is 1. The molecule has 100 valence electrons. The molecule has 0 radical (unpaired) electrons. The molecule has 0 spiro atoms. The summed E-state index contributed by atoms with van der Waals surface area (Å²) >= 11 is 0. The van der Waals surface area contributed by atoms with Gasteiger partial charge in [0.25, 0.3) is 0 Å². The van der Waals surface area contributed by atoms with Crippen LogP contribution in [-0.2, 0) is 17.9 Å². The zero-order valence-electron chi connectivity index (χ0n) is 11.4. The van der Waals surface area contributed by atoms with E-state index in [2.05, 4.69) is 5.10 Å². The van der Waals surface area contributed by atoms with Crippen molar-refractivity contribution in [2.45, 2.75) is 52.7 Å². The largest absolute Gasteiger partial charge is 0.338 e. The molecule has 1 aliphatic rings. The van der Waals surface area contributed by atoms with E-state index < -0.39 is 0 Å². The van der Waals surface area contributed by atoms with Crippen LogP contribution in [0.25, 0.3) is 0 Å². The molecule has 1 saturated carbocycles. The molecule has 1 aliphatic carbocycles. The van der Waals surface area contributed by atoms with Crippen LogP contribution in [0.5, 0.6) is 0 Å². The van der Waals surface area contributed by atoms with E-state index in [0.29, 0.717) is 19.1 Å². The first-order valence-corrected chi connectivity index (χ1v) is 6.60. The summed E-state index contributed by atoms with van der Waals surface area (Å²) in [5.41, 5.74) is 8.68. The Morgan fingerprint density at radius 3 is 2.61 bits per heavy atom. The van der Waals surface area contributed by atoms with Crippen molar-refractivity contribution in [2.75, 3.05) is 6.54 Å².